The van der Waals surface area contributed by atoms with E-state index in [0.29, 0.717) is 0 Å². The highest BCUT2D eigenvalue weighted by Crippen LogP contribution is 2.20. The van der Waals surface area contributed by atoms with E-state index in [1.165, 1.54) is 22.0 Å². The summed E-state index contributed by atoms with van der Waals surface area (Å²) in [5.41, 5.74) is 3.85. The van der Waals surface area contributed by atoms with Crippen LogP contribution in [0.3, 0.4) is 0 Å². The van der Waals surface area contributed by atoms with Crippen LogP contribution in [0.2, 0.25) is 0 Å². The number of rotatable bonds is 7. The van der Waals surface area contributed by atoms with Gasteiger partial charge in [0.05, 0.1) is 6.21 Å². The molecule has 0 aromatic heterocycles. The van der Waals surface area contributed by atoms with Crippen molar-refractivity contribution >= 4 is 22.7 Å². The highest BCUT2D eigenvalue weighted by Gasteiger charge is 2.16. The molecule has 1 aliphatic heterocycles. The normalized spacial score (nSPS) is 15.2. The largest absolute Gasteiger partial charge is 0.372 e. The Morgan fingerprint density at radius 1 is 0.833 bits per heavy atom. The molecule has 0 radical (unpaired) electrons. The maximum atomic E-state index is 4.73. The van der Waals surface area contributed by atoms with E-state index in [4.69, 9.17) is 5.10 Å². The van der Waals surface area contributed by atoms with Gasteiger partial charge in [-0.2, -0.15) is 5.10 Å². The molecule has 0 bridgehead atoms. The van der Waals surface area contributed by atoms with Gasteiger partial charge in [-0.3, -0.25) is 9.91 Å². The molecule has 0 unspecified atom stereocenters. The van der Waals surface area contributed by atoms with Crippen molar-refractivity contribution in [3.63, 3.8) is 0 Å². The Balaban J connectivity index is 1.31. The molecule has 0 amide bonds. The molecule has 156 valence electrons. The standard InChI is InChI=1S/C26H32N4/c1-3-29(4-2)25-14-12-22(13-15-25)20-27-30-18-16-28(17-19-30)21-24-10-7-9-23-8-5-6-11-26(23)24/h5-15,20H,3-4,16-19,21H2,1-2H3/b27-20-. The van der Waals surface area contributed by atoms with Crippen LogP contribution in [0.25, 0.3) is 10.8 Å². The molecule has 0 spiro atoms. The van der Waals surface area contributed by atoms with Gasteiger partial charge in [-0.1, -0.05) is 54.6 Å². The Morgan fingerprint density at radius 3 is 2.27 bits per heavy atom. The molecular formula is C26H32N4. The number of benzene rings is 3. The maximum absolute atomic E-state index is 4.73. The highest BCUT2D eigenvalue weighted by atomic mass is 15.5. The van der Waals surface area contributed by atoms with Gasteiger partial charge >= 0.3 is 0 Å². The number of piperazine rings is 1. The molecule has 3 aromatic carbocycles. The quantitative estimate of drug-likeness (QED) is 0.530. The number of nitrogens with zero attached hydrogens (tertiary/aromatic N) is 4. The van der Waals surface area contributed by atoms with Crippen molar-refractivity contribution in [1.82, 2.24) is 9.91 Å². The average molecular weight is 401 g/mol. The van der Waals surface area contributed by atoms with Crippen molar-refractivity contribution in [2.24, 2.45) is 5.10 Å². The first-order valence-electron chi connectivity index (χ1n) is 11.1. The molecule has 0 saturated carbocycles. The van der Waals surface area contributed by atoms with E-state index in [0.717, 1.165) is 51.4 Å². The predicted molar refractivity (Wildman–Crippen MR) is 128 cm³/mol. The van der Waals surface area contributed by atoms with Crippen LogP contribution in [0.5, 0.6) is 0 Å². The summed E-state index contributed by atoms with van der Waals surface area (Å²) in [4.78, 5) is 4.89. The molecular weight excluding hydrogens is 368 g/mol. The molecule has 0 atom stereocenters. The minimum absolute atomic E-state index is 0.971. The second-order valence-corrected chi connectivity index (χ2v) is 7.88. The van der Waals surface area contributed by atoms with Crippen LogP contribution >= 0.6 is 0 Å². The topological polar surface area (TPSA) is 22.1 Å². The smallest absolute Gasteiger partial charge is 0.0542 e. The lowest BCUT2D eigenvalue weighted by molar-refractivity contribution is 0.131. The third-order valence-corrected chi connectivity index (χ3v) is 6.01. The van der Waals surface area contributed by atoms with Crippen LogP contribution in [0, 0.1) is 0 Å². The van der Waals surface area contributed by atoms with E-state index in [2.05, 4.69) is 95.4 Å². The first-order chi connectivity index (χ1) is 14.8. The SMILES string of the molecule is CCN(CC)c1ccc(/C=N\N2CCN(Cc3cccc4ccccc34)CC2)cc1. The van der Waals surface area contributed by atoms with Gasteiger partial charge in [0.15, 0.2) is 0 Å². The lowest BCUT2D eigenvalue weighted by Gasteiger charge is -2.33. The van der Waals surface area contributed by atoms with Crippen molar-refractivity contribution in [3.8, 4) is 0 Å². The molecule has 4 rings (SSSR count). The summed E-state index contributed by atoms with van der Waals surface area (Å²) in [6, 6.07) is 24.0. The minimum atomic E-state index is 0.971. The van der Waals surface area contributed by atoms with Gasteiger partial charge in [-0.25, -0.2) is 0 Å². The molecule has 1 heterocycles. The second kappa shape index (κ2) is 9.77. The number of anilines is 1. The molecule has 1 fully saturated rings. The van der Waals surface area contributed by atoms with E-state index in [9.17, 15) is 0 Å². The van der Waals surface area contributed by atoms with E-state index in [1.807, 2.05) is 6.21 Å². The first kappa shape index (κ1) is 20.4. The monoisotopic (exact) mass is 400 g/mol. The Labute approximate surface area is 180 Å². The summed E-state index contributed by atoms with van der Waals surface area (Å²) < 4.78 is 0. The maximum Gasteiger partial charge on any atom is 0.0542 e. The summed E-state index contributed by atoms with van der Waals surface area (Å²) in [6.45, 7) is 11.5. The van der Waals surface area contributed by atoms with Crippen molar-refractivity contribution in [2.75, 3.05) is 44.2 Å². The number of fused-ring (bicyclic) bond motifs is 1. The zero-order valence-electron chi connectivity index (χ0n) is 18.2. The van der Waals surface area contributed by atoms with Crippen molar-refractivity contribution in [2.45, 2.75) is 20.4 Å². The van der Waals surface area contributed by atoms with Crippen molar-refractivity contribution in [1.29, 1.82) is 0 Å². The Kier molecular flexibility index (Phi) is 6.65. The van der Waals surface area contributed by atoms with Crippen LogP contribution in [0.1, 0.15) is 25.0 Å². The van der Waals surface area contributed by atoms with Crippen LogP contribution in [0.4, 0.5) is 5.69 Å². The van der Waals surface area contributed by atoms with Gasteiger partial charge in [-0.15, -0.1) is 0 Å². The summed E-state index contributed by atoms with van der Waals surface area (Å²) >= 11 is 0. The number of hydrazone groups is 1. The summed E-state index contributed by atoms with van der Waals surface area (Å²) in [6.07, 6.45) is 1.99. The fourth-order valence-electron chi connectivity index (χ4n) is 4.19. The second-order valence-electron chi connectivity index (χ2n) is 7.88. The highest BCUT2D eigenvalue weighted by molar-refractivity contribution is 5.85. The summed E-state index contributed by atoms with van der Waals surface area (Å²) in [5, 5.41) is 9.61. The average Bonchev–Trinajstić information content (AvgIpc) is 2.80. The predicted octanol–water partition coefficient (Wildman–Crippen LogP) is 4.84. The fraction of sp³-hybridized carbons (Fsp3) is 0.346. The Bertz CT molecular complexity index is 962. The number of hydrogen-bond acceptors (Lipinski definition) is 4. The van der Waals surface area contributed by atoms with Gasteiger partial charge < -0.3 is 4.90 Å². The molecule has 0 aliphatic carbocycles. The molecule has 1 aliphatic rings. The van der Waals surface area contributed by atoms with E-state index in [-0.39, 0.29) is 0 Å². The van der Waals surface area contributed by atoms with Gasteiger partial charge in [0.2, 0.25) is 0 Å². The van der Waals surface area contributed by atoms with Crippen molar-refractivity contribution in [3.05, 3.63) is 77.9 Å². The first-order valence-corrected chi connectivity index (χ1v) is 11.1. The molecule has 4 heteroatoms. The zero-order valence-corrected chi connectivity index (χ0v) is 18.2. The van der Waals surface area contributed by atoms with Crippen LogP contribution in [-0.2, 0) is 6.54 Å². The lowest BCUT2D eigenvalue weighted by Crippen LogP contribution is -2.43. The van der Waals surface area contributed by atoms with Crippen LogP contribution in [-0.4, -0.2) is 55.4 Å². The van der Waals surface area contributed by atoms with Crippen molar-refractivity contribution < 1.29 is 0 Å². The summed E-state index contributed by atoms with van der Waals surface area (Å²) in [7, 11) is 0. The third-order valence-electron chi connectivity index (χ3n) is 6.01. The Hall–Kier alpha value is -2.85. The van der Waals surface area contributed by atoms with E-state index >= 15 is 0 Å². The van der Waals surface area contributed by atoms with E-state index < -0.39 is 0 Å². The van der Waals surface area contributed by atoms with Gasteiger partial charge in [0.25, 0.3) is 0 Å². The molecule has 1 saturated heterocycles. The van der Waals surface area contributed by atoms with Crippen LogP contribution in [0.15, 0.2) is 71.8 Å². The minimum Gasteiger partial charge on any atom is -0.372 e. The van der Waals surface area contributed by atoms with Crippen LogP contribution < -0.4 is 4.90 Å². The molecule has 3 aromatic rings. The van der Waals surface area contributed by atoms with Gasteiger partial charge in [0.1, 0.15) is 0 Å². The molecule has 4 nitrogen and oxygen atoms in total. The summed E-state index contributed by atoms with van der Waals surface area (Å²) in [5.74, 6) is 0. The van der Waals surface area contributed by atoms with Gasteiger partial charge in [-0.05, 0) is 47.9 Å². The van der Waals surface area contributed by atoms with Gasteiger partial charge in [0, 0.05) is 51.5 Å². The third kappa shape index (κ3) is 4.82. The fourth-order valence-corrected chi connectivity index (χ4v) is 4.19. The van der Waals surface area contributed by atoms with E-state index in [1.54, 1.807) is 0 Å². The molecule has 0 N–H and O–H groups in total. The molecule has 30 heavy (non-hydrogen) atoms. The lowest BCUT2D eigenvalue weighted by atomic mass is 10.0. The number of hydrogen-bond donors (Lipinski definition) is 0. The zero-order chi connectivity index (χ0) is 20.8. The Morgan fingerprint density at radius 2 is 1.53 bits per heavy atom.